The molecule has 9 nitrogen and oxygen atoms in total. The van der Waals surface area contributed by atoms with Crippen molar-refractivity contribution in [3.8, 4) is 11.8 Å². The van der Waals surface area contributed by atoms with E-state index in [-0.39, 0.29) is 11.8 Å². The molecular formula is C25H29FN8O. The predicted octanol–water partition coefficient (Wildman–Crippen LogP) is 4.30. The Balaban J connectivity index is 1.33. The highest BCUT2D eigenvalue weighted by atomic mass is 19.1. The van der Waals surface area contributed by atoms with E-state index in [1.165, 1.54) is 12.8 Å². The summed E-state index contributed by atoms with van der Waals surface area (Å²) >= 11 is 0. The van der Waals surface area contributed by atoms with Crippen molar-refractivity contribution in [3.63, 3.8) is 0 Å². The number of aryl methyl sites for hydroxylation is 2. The van der Waals surface area contributed by atoms with Gasteiger partial charge in [0, 0.05) is 68.1 Å². The van der Waals surface area contributed by atoms with Crippen molar-refractivity contribution in [3.05, 3.63) is 47.5 Å². The van der Waals surface area contributed by atoms with Crippen LogP contribution < -0.4 is 15.0 Å². The molecule has 1 aromatic carbocycles. The van der Waals surface area contributed by atoms with Gasteiger partial charge in [0.15, 0.2) is 17.4 Å². The van der Waals surface area contributed by atoms with E-state index in [4.69, 9.17) is 4.74 Å². The maximum absolute atomic E-state index is 15.3. The van der Waals surface area contributed by atoms with Gasteiger partial charge >= 0.3 is 6.01 Å². The molecule has 35 heavy (non-hydrogen) atoms. The monoisotopic (exact) mass is 476 g/mol. The third kappa shape index (κ3) is 4.29. The standard InChI is InChI=1S/C25H29FN8O/c1-15-12-17-19(33(15)3)6-7-20(24(17)26)35-25-28-21(27-22-13-18(30-31-22)16-4-5-16)14-23(29-25)34-10-8-32(2)9-11-34/h6-7,12-14,16H,4-5,8-11H2,1-3H3,(H2,27,28,29,30,31). The number of H-pyrrole nitrogens is 1. The van der Waals surface area contributed by atoms with Crippen molar-refractivity contribution < 1.29 is 9.13 Å². The minimum atomic E-state index is -0.421. The van der Waals surface area contributed by atoms with Crippen LogP contribution in [0.4, 0.5) is 21.8 Å². The summed E-state index contributed by atoms with van der Waals surface area (Å²) in [4.78, 5) is 13.7. The van der Waals surface area contributed by atoms with Gasteiger partial charge in [0.05, 0.1) is 5.52 Å². The van der Waals surface area contributed by atoms with Crippen LogP contribution in [0.25, 0.3) is 10.9 Å². The largest absolute Gasteiger partial charge is 0.421 e. The van der Waals surface area contributed by atoms with Crippen LogP contribution in [0.1, 0.15) is 30.1 Å². The van der Waals surface area contributed by atoms with E-state index >= 15 is 4.39 Å². The van der Waals surface area contributed by atoms with E-state index in [9.17, 15) is 0 Å². The summed E-state index contributed by atoms with van der Waals surface area (Å²) in [5.41, 5.74) is 2.91. The number of halogens is 1. The van der Waals surface area contributed by atoms with Crippen molar-refractivity contribution in [2.75, 3.05) is 43.4 Å². The van der Waals surface area contributed by atoms with Gasteiger partial charge in [-0.3, -0.25) is 5.10 Å². The fraction of sp³-hybridized carbons (Fsp3) is 0.400. The van der Waals surface area contributed by atoms with Gasteiger partial charge in [0.2, 0.25) is 0 Å². The predicted molar refractivity (Wildman–Crippen MR) is 133 cm³/mol. The second-order valence-corrected chi connectivity index (χ2v) is 9.55. The van der Waals surface area contributed by atoms with Crippen molar-refractivity contribution in [1.82, 2.24) is 29.6 Å². The van der Waals surface area contributed by atoms with Crippen molar-refractivity contribution in [2.45, 2.75) is 25.7 Å². The molecule has 0 unspecified atom stereocenters. The SMILES string of the molecule is Cc1cc2c(F)c(Oc3nc(Nc4cc(C5CC5)[nH]n4)cc(N4CCN(C)CC4)n3)ccc2n1C. The third-order valence-electron chi connectivity index (χ3n) is 6.96. The Morgan fingerprint density at radius 1 is 1.03 bits per heavy atom. The number of fused-ring (bicyclic) bond motifs is 1. The number of aromatic amines is 1. The van der Waals surface area contributed by atoms with Crippen molar-refractivity contribution in [1.29, 1.82) is 0 Å². The molecule has 4 heterocycles. The molecule has 4 aromatic rings. The van der Waals surface area contributed by atoms with E-state index in [1.807, 2.05) is 42.8 Å². The van der Waals surface area contributed by atoms with Crippen LogP contribution in [0.2, 0.25) is 0 Å². The van der Waals surface area contributed by atoms with Crippen LogP contribution in [0, 0.1) is 12.7 Å². The molecule has 1 saturated carbocycles. The summed E-state index contributed by atoms with van der Waals surface area (Å²) in [5, 5.41) is 11.3. The summed E-state index contributed by atoms with van der Waals surface area (Å²) in [5.74, 6) is 2.22. The molecule has 0 amide bonds. The zero-order valence-electron chi connectivity index (χ0n) is 20.2. The Hall–Kier alpha value is -3.66. The van der Waals surface area contributed by atoms with Crippen LogP contribution in [-0.4, -0.2) is 62.9 Å². The number of aromatic nitrogens is 5. The van der Waals surface area contributed by atoms with Crippen LogP contribution in [-0.2, 0) is 7.05 Å². The molecule has 0 radical (unpaired) electrons. The number of rotatable bonds is 6. The number of hydrogen-bond acceptors (Lipinski definition) is 7. The Bertz CT molecular complexity index is 1380. The lowest BCUT2D eigenvalue weighted by Gasteiger charge is -2.33. The smallest absolute Gasteiger partial charge is 0.326 e. The molecular weight excluding hydrogens is 447 g/mol. The normalized spacial score (nSPS) is 16.7. The second-order valence-electron chi connectivity index (χ2n) is 9.55. The van der Waals surface area contributed by atoms with Gasteiger partial charge < -0.3 is 24.4 Å². The highest BCUT2D eigenvalue weighted by Crippen LogP contribution is 2.40. The Morgan fingerprint density at radius 2 is 1.83 bits per heavy atom. The molecule has 2 fully saturated rings. The first-order valence-corrected chi connectivity index (χ1v) is 12.0. The number of hydrogen-bond donors (Lipinski definition) is 2. The number of benzene rings is 1. The van der Waals surface area contributed by atoms with E-state index in [2.05, 4.69) is 42.3 Å². The molecule has 1 aliphatic heterocycles. The van der Waals surface area contributed by atoms with E-state index in [0.717, 1.165) is 48.9 Å². The highest BCUT2D eigenvalue weighted by molar-refractivity contribution is 5.83. The molecule has 1 aliphatic carbocycles. The highest BCUT2D eigenvalue weighted by Gasteiger charge is 2.26. The number of nitrogens with zero attached hydrogens (tertiary/aromatic N) is 6. The van der Waals surface area contributed by atoms with Gasteiger partial charge in [0.25, 0.3) is 0 Å². The van der Waals surface area contributed by atoms with Gasteiger partial charge in [-0.05, 0) is 45.0 Å². The lowest BCUT2D eigenvalue weighted by molar-refractivity contribution is 0.311. The maximum atomic E-state index is 15.3. The lowest BCUT2D eigenvalue weighted by atomic mass is 10.2. The molecule has 2 aliphatic rings. The number of ether oxygens (including phenoxy) is 1. The lowest BCUT2D eigenvalue weighted by Crippen LogP contribution is -2.44. The summed E-state index contributed by atoms with van der Waals surface area (Å²) < 4.78 is 23.2. The van der Waals surface area contributed by atoms with Crippen molar-refractivity contribution >= 4 is 28.4 Å². The zero-order valence-corrected chi connectivity index (χ0v) is 20.2. The second kappa shape index (κ2) is 8.53. The van der Waals surface area contributed by atoms with Crippen LogP contribution in [0.15, 0.2) is 30.3 Å². The fourth-order valence-corrected chi connectivity index (χ4v) is 4.52. The fourth-order valence-electron chi connectivity index (χ4n) is 4.52. The van der Waals surface area contributed by atoms with E-state index in [0.29, 0.717) is 22.9 Å². The van der Waals surface area contributed by atoms with E-state index < -0.39 is 5.82 Å². The molecule has 0 spiro atoms. The maximum Gasteiger partial charge on any atom is 0.326 e. The van der Waals surface area contributed by atoms with Gasteiger partial charge in [-0.25, -0.2) is 4.39 Å². The third-order valence-corrected chi connectivity index (χ3v) is 6.96. The molecule has 1 saturated heterocycles. The first-order chi connectivity index (χ1) is 16.9. The zero-order chi connectivity index (χ0) is 24.1. The first kappa shape index (κ1) is 21.8. The van der Waals surface area contributed by atoms with Gasteiger partial charge in [-0.15, -0.1) is 0 Å². The minimum Gasteiger partial charge on any atom is -0.421 e. The Morgan fingerprint density at radius 3 is 2.60 bits per heavy atom. The van der Waals surface area contributed by atoms with Crippen LogP contribution in [0.5, 0.6) is 11.8 Å². The number of nitrogens with one attached hydrogen (secondary N) is 2. The number of anilines is 3. The number of piperazine rings is 1. The molecule has 3 aromatic heterocycles. The molecule has 182 valence electrons. The van der Waals surface area contributed by atoms with Gasteiger partial charge in [-0.1, -0.05) is 0 Å². The summed E-state index contributed by atoms with van der Waals surface area (Å²) in [6, 6.07) is 9.30. The van der Waals surface area contributed by atoms with Crippen LogP contribution in [0.3, 0.4) is 0 Å². The van der Waals surface area contributed by atoms with Gasteiger partial charge in [0.1, 0.15) is 11.6 Å². The molecule has 0 bridgehead atoms. The summed E-state index contributed by atoms with van der Waals surface area (Å²) in [6.45, 7) is 5.50. The Labute approximate surface area is 202 Å². The van der Waals surface area contributed by atoms with Crippen LogP contribution >= 0.6 is 0 Å². The molecule has 0 atom stereocenters. The summed E-state index contributed by atoms with van der Waals surface area (Å²) in [7, 11) is 4.03. The van der Waals surface area contributed by atoms with Gasteiger partial charge in [-0.2, -0.15) is 15.1 Å². The summed E-state index contributed by atoms with van der Waals surface area (Å²) in [6.07, 6.45) is 2.38. The van der Waals surface area contributed by atoms with Crippen molar-refractivity contribution in [2.24, 2.45) is 7.05 Å². The average molecular weight is 477 g/mol. The Kier molecular flexibility index (Phi) is 5.32. The minimum absolute atomic E-state index is 0.0905. The number of likely N-dealkylation sites (N-methyl/N-ethyl adjacent to an activating group) is 1. The molecule has 10 heteroatoms. The van der Waals surface area contributed by atoms with E-state index in [1.54, 1.807) is 6.07 Å². The first-order valence-electron chi connectivity index (χ1n) is 12.0. The molecule has 6 rings (SSSR count). The topological polar surface area (TPSA) is 87.1 Å². The molecule has 2 N–H and O–H groups in total. The average Bonchev–Trinajstić information content (AvgIpc) is 3.53. The quantitative estimate of drug-likeness (QED) is 0.429.